The van der Waals surface area contributed by atoms with Crippen LogP contribution in [-0.4, -0.2) is 17.0 Å². The van der Waals surface area contributed by atoms with E-state index in [4.69, 9.17) is 28.3 Å². The van der Waals surface area contributed by atoms with Crippen LogP contribution >= 0.6 is 23.2 Å². The van der Waals surface area contributed by atoms with Crippen molar-refractivity contribution in [2.24, 2.45) is 17.3 Å². The summed E-state index contributed by atoms with van der Waals surface area (Å²) < 4.78 is 0.134. The van der Waals surface area contributed by atoms with Crippen molar-refractivity contribution >= 4 is 40.8 Å². The largest absolute Gasteiger partial charge is 0.478 e. The molecule has 0 radical (unpaired) electrons. The number of para-hydroxylation sites is 1. The van der Waals surface area contributed by atoms with Gasteiger partial charge in [-0.15, -0.1) is 0 Å². The van der Waals surface area contributed by atoms with Crippen molar-refractivity contribution in [1.82, 2.24) is 0 Å². The molecule has 1 aromatic rings. The van der Waals surface area contributed by atoms with E-state index in [1.807, 2.05) is 13.8 Å². The van der Waals surface area contributed by atoms with Gasteiger partial charge in [0.25, 0.3) is 0 Å². The molecular weight excluding hydrogens is 313 g/mol. The molecule has 2 rings (SSSR count). The van der Waals surface area contributed by atoms with Gasteiger partial charge in [0.15, 0.2) is 0 Å². The first-order valence-electron chi connectivity index (χ1n) is 6.41. The number of carbonyl (C=O) groups excluding carboxylic acids is 1. The number of allylic oxidation sites excluding steroid dienone is 1. The van der Waals surface area contributed by atoms with Crippen LogP contribution in [-0.2, 0) is 4.79 Å². The highest BCUT2D eigenvalue weighted by Gasteiger charge is 2.60. The second kappa shape index (κ2) is 5.70. The third-order valence-electron chi connectivity index (χ3n) is 3.91. The summed E-state index contributed by atoms with van der Waals surface area (Å²) in [5.74, 6) is -1.66. The smallest absolute Gasteiger partial charge is 0.337 e. The summed E-state index contributed by atoms with van der Waals surface area (Å²) in [6.45, 7) is 3.89. The molecule has 1 aliphatic carbocycles. The lowest BCUT2D eigenvalue weighted by Crippen LogP contribution is -2.18. The second-order valence-corrected chi connectivity index (χ2v) is 6.63. The van der Waals surface area contributed by atoms with Crippen LogP contribution in [0.2, 0.25) is 0 Å². The van der Waals surface area contributed by atoms with Crippen LogP contribution in [0.15, 0.2) is 34.8 Å². The van der Waals surface area contributed by atoms with Gasteiger partial charge < -0.3 is 10.4 Å². The highest BCUT2D eigenvalue weighted by atomic mass is 35.5. The summed E-state index contributed by atoms with van der Waals surface area (Å²) in [4.78, 5) is 23.5. The fourth-order valence-corrected chi connectivity index (χ4v) is 2.89. The third-order valence-corrected chi connectivity index (χ3v) is 4.17. The zero-order chi connectivity index (χ0) is 15.8. The molecule has 112 valence electrons. The highest BCUT2D eigenvalue weighted by molar-refractivity contribution is 6.55. The number of amides is 1. The first-order chi connectivity index (χ1) is 9.75. The Balaban J connectivity index is 2.17. The fraction of sp³-hybridized carbons (Fsp3) is 0.333. The number of anilines is 1. The molecule has 1 aliphatic rings. The van der Waals surface area contributed by atoms with Crippen molar-refractivity contribution in [2.75, 3.05) is 5.32 Å². The van der Waals surface area contributed by atoms with E-state index in [0.717, 1.165) is 0 Å². The van der Waals surface area contributed by atoms with E-state index in [1.165, 1.54) is 6.07 Å². The average Bonchev–Trinajstić information content (AvgIpc) is 2.90. The molecule has 21 heavy (non-hydrogen) atoms. The third kappa shape index (κ3) is 3.22. The van der Waals surface area contributed by atoms with E-state index in [0.29, 0.717) is 0 Å². The van der Waals surface area contributed by atoms with Crippen molar-refractivity contribution in [3.05, 3.63) is 40.4 Å². The molecule has 0 aromatic heterocycles. The minimum absolute atomic E-state index is 0.0560. The zero-order valence-corrected chi connectivity index (χ0v) is 13.1. The summed E-state index contributed by atoms with van der Waals surface area (Å²) in [5.41, 5.74) is 0.0984. The van der Waals surface area contributed by atoms with Gasteiger partial charge in [-0.1, -0.05) is 49.2 Å². The van der Waals surface area contributed by atoms with Crippen LogP contribution in [0.4, 0.5) is 5.69 Å². The van der Waals surface area contributed by atoms with Gasteiger partial charge in [-0.3, -0.25) is 4.79 Å². The number of nitrogens with one attached hydrogen (secondary N) is 1. The first-order valence-corrected chi connectivity index (χ1v) is 7.16. The molecule has 1 fully saturated rings. The summed E-state index contributed by atoms with van der Waals surface area (Å²) in [6, 6.07) is 6.30. The number of carbonyl (C=O) groups is 2. The van der Waals surface area contributed by atoms with E-state index in [9.17, 15) is 9.59 Å². The number of hydrogen-bond acceptors (Lipinski definition) is 2. The number of aromatic carboxylic acids is 1. The van der Waals surface area contributed by atoms with Gasteiger partial charge in [0.2, 0.25) is 5.91 Å². The van der Waals surface area contributed by atoms with Gasteiger partial charge in [-0.2, -0.15) is 0 Å². The molecule has 0 spiro atoms. The predicted octanol–water partition coefficient (Wildman–Crippen LogP) is 3.91. The summed E-state index contributed by atoms with van der Waals surface area (Å²) in [7, 11) is 0. The van der Waals surface area contributed by atoms with Crippen molar-refractivity contribution in [3.8, 4) is 0 Å². The summed E-state index contributed by atoms with van der Waals surface area (Å²) in [6.07, 6.45) is 1.65. The van der Waals surface area contributed by atoms with E-state index < -0.39 is 5.97 Å². The van der Waals surface area contributed by atoms with Gasteiger partial charge in [-0.25, -0.2) is 4.79 Å². The summed E-state index contributed by atoms with van der Waals surface area (Å²) in [5, 5.41) is 11.8. The Bertz CT molecular complexity index is 621. The van der Waals surface area contributed by atoms with Crippen LogP contribution in [0.1, 0.15) is 24.2 Å². The van der Waals surface area contributed by atoms with Gasteiger partial charge in [0, 0.05) is 0 Å². The lowest BCUT2D eigenvalue weighted by molar-refractivity contribution is -0.118. The normalized spacial score (nSPS) is 22.3. The molecule has 0 saturated heterocycles. The molecule has 0 heterocycles. The van der Waals surface area contributed by atoms with E-state index in [-0.39, 0.29) is 38.9 Å². The maximum atomic E-state index is 12.3. The molecule has 4 nitrogen and oxygen atoms in total. The molecule has 1 saturated carbocycles. The van der Waals surface area contributed by atoms with Crippen LogP contribution in [0, 0.1) is 17.3 Å². The van der Waals surface area contributed by atoms with Gasteiger partial charge >= 0.3 is 5.97 Å². The molecule has 2 N–H and O–H groups in total. The number of benzene rings is 1. The molecule has 1 amide bonds. The summed E-state index contributed by atoms with van der Waals surface area (Å²) >= 11 is 11.3. The SMILES string of the molecule is CC1(C)[C@@H](C=C(Cl)Cl)[C@@H]1C(=O)Nc1ccccc1C(=O)O. The van der Waals surface area contributed by atoms with E-state index >= 15 is 0 Å². The number of carboxylic acid groups (broad SMARTS) is 1. The Morgan fingerprint density at radius 1 is 1.29 bits per heavy atom. The van der Waals surface area contributed by atoms with Crippen LogP contribution < -0.4 is 5.32 Å². The van der Waals surface area contributed by atoms with Gasteiger partial charge in [0.1, 0.15) is 4.49 Å². The van der Waals surface area contributed by atoms with Crippen LogP contribution in [0.3, 0.4) is 0 Å². The van der Waals surface area contributed by atoms with E-state index in [2.05, 4.69) is 5.32 Å². The lowest BCUT2D eigenvalue weighted by atomic mass is 10.1. The molecular formula is C15H15Cl2NO3. The van der Waals surface area contributed by atoms with Crippen molar-refractivity contribution in [3.63, 3.8) is 0 Å². The maximum Gasteiger partial charge on any atom is 0.337 e. The number of hydrogen-bond donors (Lipinski definition) is 2. The quantitative estimate of drug-likeness (QED) is 0.880. The molecule has 0 aliphatic heterocycles. The van der Waals surface area contributed by atoms with Gasteiger partial charge in [0.05, 0.1) is 17.2 Å². The molecule has 2 atom stereocenters. The Morgan fingerprint density at radius 3 is 2.48 bits per heavy atom. The molecule has 0 bridgehead atoms. The standard InChI is InChI=1S/C15H15Cl2NO3/c1-15(2)9(7-11(16)17)12(15)13(19)18-10-6-4-3-5-8(10)14(20)21/h3-7,9,12H,1-2H3,(H,18,19)(H,20,21)/t9-,12+/m0/s1. The Labute approximate surface area is 132 Å². The number of halogens is 2. The lowest BCUT2D eigenvalue weighted by Gasteiger charge is -2.08. The maximum absolute atomic E-state index is 12.3. The second-order valence-electron chi connectivity index (χ2n) is 5.62. The molecule has 0 unspecified atom stereocenters. The van der Waals surface area contributed by atoms with Crippen LogP contribution in [0.5, 0.6) is 0 Å². The monoisotopic (exact) mass is 327 g/mol. The van der Waals surface area contributed by atoms with Crippen LogP contribution in [0.25, 0.3) is 0 Å². The Hall–Kier alpha value is -1.52. The zero-order valence-electron chi connectivity index (χ0n) is 11.6. The van der Waals surface area contributed by atoms with Gasteiger partial charge in [-0.05, 0) is 29.5 Å². The molecule has 1 aromatic carbocycles. The number of carboxylic acids is 1. The Kier molecular flexibility index (Phi) is 4.30. The minimum atomic E-state index is -1.08. The fourth-order valence-electron chi connectivity index (χ4n) is 2.61. The Morgan fingerprint density at radius 2 is 1.90 bits per heavy atom. The van der Waals surface area contributed by atoms with Crippen molar-refractivity contribution in [1.29, 1.82) is 0 Å². The first kappa shape index (κ1) is 15.9. The predicted molar refractivity (Wildman–Crippen MR) is 82.6 cm³/mol. The average molecular weight is 328 g/mol. The minimum Gasteiger partial charge on any atom is -0.478 e. The highest BCUT2D eigenvalue weighted by Crippen LogP contribution is 2.60. The topological polar surface area (TPSA) is 66.4 Å². The number of rotatable bonds is 4. The van der Waals surface area contributed by atoms with Crippen molar-refractivity contribution in [2.45, 2.75) is 13.8 Å². The van der Waals surface area contributed by atoms with E-state index in [1.54, 1.807) is 24.3 Å². The van der Waals surface area contributed by atoms with Crippen molar-refractivity contribution < 1.29 is 14.7 Å². The molecule has 6 heteroatoms.